The van der Waals surface area contributed by atoms with Crippen LogP contribution < -0.4 is 5.32 Å². The highest BCUT2D eigenvalue weighted by atomic mass is 16.3. The van der Waals surface area contributed by atoms with Gasteiger partial charge in [-0.1, -0.05) is 51.9 Å². The first-order valence-corrected chi connectivity index (χ1v) is 7.59. The highest BCUT2D eigenvalue weighted by Gasteiger charge is 2.27. The molecule has 1 aliphatic carbocycles. The number of aliphatic hydroxyl groups is 1. The molecule has 1 atom stereocenters. The van der Waals surface area contributed by atoms with Gasteiger partial charge in [-0.2, -0.15) is 0 Å². The van der Waals surface area contributed by atoms with Gasteiger partial charge in [-0.15, -0.1) is 0 Å². The third-order valence-corrected chi connectivity index (χ3v) is 4.09. The van der Waals surface area contributed by atoms with E-state index in [1.807, 2.05) is 0 Å². The lowest BCUT2D eigenvalue weighted by atomic mass is 9.93. The summed E-state index contributed by atoms with van der Waals surface area (Å²) in [6, 6.07) is 0.655. The van der Waals surface area contributed by atoms with Crippen molar-refractivity contribution in [3.8, 4) is 0 Å². The highest BCUT2D eigenvalue weighted by Crippen LogP contribution is 2.23. The predicted octanol–water partition coefficient (Wildman–Crippen LogP) is 3.63. The lowest BCUT2D eigenvalue weighted by molar-refractivity contribution is 0.149. The zero-order valence-corrected chi connectivity index (χ0v) is 11.8. The molecule has 1 rings (SSSR count). The zero-order valence-electron chi connectivity index (χ0n) is 11.8. The van der Waals surface area contributed by atoms with E-state index in [1.165, 1.54) is 57.8 Å². The second-order valence-electron chi connectivity index (χ2n) is 6.01. The molecule has 1 fully saturated rings. The van der Waals surface area contributed by atoms with Crippen molar-refractivity contribution in [1.82, 2.24) is 5.32 Å². The van der Waals surface area contributed by atoms with E-state index in [-0.39, 0.29) is 12.1 Å². The van der Waals surface area contributed by atoms with Gasteiger partial charge in [-0.3, -0.25) is 0 Å². The summed E-state index contributed by atoms with van der Waals surface area (Å²) in [6.45, 7) is 4.71. The van der Waals surface area contributed by atoms with Gasteiger partial charge in [0.2, 0.25) is 0 Å². The summed E-state index contributed by atoms with van der Waals surface area (Å²) in [4.78, 5) is 0. The van der Waals surface area contributed by atoms with Gasteiger partial charge < -0.3 is 10.4 Å². The Labute approximate surface area is 107 Å². The van der Waals surface area contributed by atoms with E-state index in [2.05, 4.69) is 19.2 Å². The van der Waals surface area contributed by atoms with Crippen LogP contribution in [0.3, 0.4) is 0 Å². The zero-order chi connectivity index (χ0) is 12.6. The highest BCUT2D eigenvalue weighted by molar-refractivity contribution is 4.88. The van der Waals surface area contributed by atoms with Crippen molar-refractivity contribution < 1.29 is 5.11 Å². The second kappa shape index (κ2) is 8.10. The molecule has 2 N–H and O–H groups in total. The van der Waals surface area contributed by atoms with Crippen LogP contribution in [0.5, 0.6) is 0 Å². The van der Waals surface area contributed by atoms with Crippen LogP contribution in [0.2, 0.25) is 0 Å². The first kappa shape index (κ1) is 15.0. The topological polar surface area (TPSA) is 32.3 Å². The molecule has 0 saturated heterocycles. The van der Waals surface area contributed by atoms with Crippen LogP contribution in [0.15, 0.2) is 0 Å². The van der Waals surface area contributed by atoms with E-state index in [9.17, 15) is 5.11 Å². The molecule has 2 nitrogen and oxygen atoms in total. The standard InChI is InChI=1S/C15H31NO/c1-3-4-5-6-9-12-15(2,13-17)16-14-10-7-8-11-14/h14,16-17H,3-13H2,1-2H3. The number of hydrogen-bond donors (Lipinski definition) is 2. The van der Waals surface area contributed by atoms with E-state index < -0.39 is 0 Å². The summed E-state index contributed by atoms with van der Waals surface area (Å²) in [5.41, 5.74) is -0.0405. The van der Waals surface area contributed by atoms with Crippen molar-refractivity contribution in [1.29, 1.82) is 0 Å². The van der Waals surface area contributed by atoms with Crippen LogP contribution in [-0.2, 0) is 0 Å². The molecule has 1 saturated carbocycles. The predicted molar refractivity (Wildman–Crippen MR) is 74.3 cm³/mol. The molecule has 1 aliphatic rings. The number of unbranched alkanes of at least 4 members (excludes halogenated alkanes) is 4. The van der Waals surface area contributed by atoms with Crippen LogP contribution >= 0.6 is 0 Å². The van der Waals surface area contributed by atoms with Gasteiger partial charge in [0.05, 0.1) is 6.61 Å². The molecule has 0 bridgehead atoms. The van der Waals surface area contributed by atoms with Crippen LogP contribution in [0, 0.1) is 0 Å². The van der Waals surface area contributed by atoms with E-state index >= 15 is 0 Å². The molecule has 0 aromatic heterocycles. The summed E-state index contributed by atoms with van der Waals surface area (Å²) < 4.78 is 0. The average Bonchev–Trinajstić information content (AvgIpc) is 2.81. The maximum atomic E-state index is 9.59. The Bertz CT molecular complexity index is 189. The molecule has 102 valence electrons. The maximum Gasteiger partial charge on any atom is 0.0610 e. The molecule has 0 aromatic rings. The third kappa shape index (κ3) is 5.87. The molecule has 2 heteroatoms. The van der Waals surface area contributed by atoms with E-state index in [4.69, 9.17) is 0 Å². The smallest absolute Gasteiger partial charge is 0.0610 e. The molecule has 1 unspecified atom stereocenters. The fraction of sp³-hybridized carbons (Fsp3) is 1.00. The number of aliphatic hydroxyl groups excluding tert-OH is 1. The normalized spacial score (nSPS) is 20.6. The quantitative estimate of drug-likeness (QED) is 0.604. The molecular formula is C15H31NO. The van der Waals surface area contributed by atoms with Crippen LogP contribution in [0.4, 0.5) is 0 Å². The summed E-state index contributed by atoms with van der Waals surface area (Å²) in [5.74, 6) is 0. The molecule has 0 spiro atoms. The number of nitrogens with one attached hydrogen (secondary N) is 1. The summed E-state index contributed by atoms with van der Waals surface area (Å²) in [6.07, 6.45) is 13.0. The van der Waals surface area contributed by atoms with Crippen LogP contribution in [0.25, 0.3) is 0 Å². The Hall–Kier alpha value is -0.0800. The average molecular weight is 241 g/mol. The van der Waals surface area contributed by atoms with Gasteiger partial charge in [0, 0.05) is 11.6 Å². The minimum atomic E-state index is -0.0405. The van der Waals surface area contributed by atoms with E-state index in [0.29, 0.717) is 6.04 Å². The van der Waals surface area contributed by atoms with Crippen molar-refractivity contribution in [3.63, 3.8) is 0 Å². The third-order valence-electron chi connectivity index (χ3n) is 4.09. The molecule has 0 radical (unpaired) electrons. The first-order chi connectivity index (χ1) is 8.20. The lowest BCUT2D eigenvalue weighted by Crippen LogP contribution is -2.50. The largest absolute Gasteiger partial charge is 0.394 e. The van der Waals surface area contributed by atoms with Gasteiger partial charge in [0.1, 0.15) is 0 Å². The van der Waals surface area contributed by atoms with Crippen molar-refractivity contribution >= 4 is 0 Å². The molecular weight excluding hydrogens is 210 g/mol. The molecule has 0 aliphatic heterocycles. The van der Waals surface area contributed by atoms with Gasteiger partial charge in [-0.25, -0.2) is 0 Å². The fourth-order valence-electron chi connectivity index (χ4n) is 2.88. The van der Waals surface area contributed by atoms with E-state index in [0.717, 1.165) is 6.42 Å². The number of rotatable bonds is 9. The fourth-order valence-corrected chi connectivity index (χ4v) is 2.88. The first-order valence-electron chi connectivity index (χ1n) is 7.59. The van der Waals surface area contributed by atoms with E-state index in [1.54, 1.807) is 0 Å². The van der Waals surface area contributed by atoms with Crippen LogP contribution in [-0.4, -0.2) is 23.3 Å². The summed E-state index contributed by atoms with van der Waals surface area (Å²) in [7, 11) is 0. The molecule has 17 heavy (non-hydrogen) atoms. The number of hydrogen-bond acceptors (Lipinski definition) is 2. The van der Waals surface area contributed by atoms with Crippen molar-refractivity contribution in [3.05, 3.63) is 0 Å². The Morgan fingerprint density at radius 2 is 1.76 bits per heavy atom. The van der Waals surface area contributed by atoms with Gasteiger partial charge in [-0.05, 0) is 26.2 Å². The second-order valence-corrected chi connectivity index (χ2v) is 6.01. The Morgan fingerprint density at radius 1 is 1.12 bits per heavy atom. The summed E-state index contributed by atoms with van der Waals surface area (Å²) >= 11 is 0. The van der Waals surface area contributed by atoms with Gasteiger partial charge in [0.25, 0.3) is 0 Å². The monoisotopic (exact) mass is 241 g/mol. The minimum Gasteiger partial charge on any atom is -0.394 e. The molecule has 0 aromatic carbocycles. The molecule has 0 heterocycles. The van der Waals surface area contributed by atoms with Gasteiger partial charge in [0.15, 0.2) is 0 Å². The SMILES string of the molecule is CCCCCCCC(C)(CO)NC1CCCC1. The van der Waals surface area contributed by atoms with Crippen LogP contribution in [0.1, 0.15) is 78.1 Å². The molecule has 0 amide bonds. The Morgan fingerprint density at radius 3 is 2.35 bits per heavy atom. The summed E-state index contributed by atoms with van der Waals surface area (Å²) in [5, 5.41) is 13.3. The van der Waals surface area contributed by atoms with Crippen molar-refractivity contribution in [2.45, 2.75) is 89.6 Å². The Kier molecular flexibility index (Phi) is 7.14. The Balaban J connectivity index is 2.19. The minimum absolute atomic E-state index is 0.0405. The van der Waals surface area contributed by atoms with Gasteiger partial charge >= 0.3 is 0 Å². The van der Waals surface area contributed by atoms with Crippen molar-refractivity contribution in [2.75, 3.05) is 6.61 Å². The van der Waals surface area contributed by atoms with Crippen molar-refractivity contribution in [2.24, 2.45) is 0 Å². The lowest BCUT2D eigenvalue weighted by Gasteiger charge is -2.32. The maximum absolute atomic E-state index is 9.59.